The largest absolute Gasteiger partial charge is 0.508 e. The van der Waals surface area contributed by atoms with Gasteiger partial charge in [0, 0.05) is 5.56 Å². The molecule has 0 radical (unpaired) electrons. The molecule has 0 aliphatic carbocycles. The number of hydrogen-bond donors (Lipinski definition) is 1. The number of phenolic OH excluding ortho intramolecular Hbond substituents is 1. The van der Waals surface area contributed by atoms with Crippen LogP contribution in [0.2, 0.25) is 0 Å². The summed E-state index contributed by atoms with van der Waals surface area (Å²) in [5.41, 5.74) is -2.04. The normalized spacial score (nSPS) is 11.2. The van der Waals surface area contributed by atoms with Gasteiger partial charge in [-0.2, -0.15) is 18.3 Å². The van der Waals surface area contributed by atoms with E-state index < -0.39 is 35.0 Å². The quantitative estimate of drug-likeness (QED) is 0.645. The molecule has 0 saturated heterocycles. The average molecular weight is 420 g/mol. The lowest BCUT2D eigenvalue weighted by molar-refractivity contribution is -0.137. The van der Waals surface area contributed by atoms with Crippen LogP contribution in [0.1, 0.15) is 26.4 Å². The van der Waals surface area contributed by atoms with Gasteiger partial charge in [0.05, 0.1) is 25.5 Å². The van der Waals surface area contributed by atoms with E-state index in [1.54, 1.807) is 30.3 Å². The van der Waals surface area contributed by atoms with Gasteiger partial charge in [0.15, 0.2) is 5.69 Å². The molecule has 1 heterocycles. The van der Waals surface area contributed by atoms with Crippen molar-refractivity contribution < 1.29 is 37.3 Å². The Bertz CT molecular complexity index is 1110. The number of ether oxygens (including phenoxy) is 2. The molecule has 0 unspecified atom stereocenters. The second kappa shape index (κ2) is 7.90. The van der Waals surface area contributed by atoms with Crippen LogP contribution in [0.4, 0.5) is 13.2 Å². The molecular weight excluding hydrogens is 405 g/mol. The molecule has 30 heavy (non-hydrogen) atoms. The maximum atomic E-state index is 13.2. The standard InChI is InChI=1S/C20H15F3N2O5/c1-29-18(27)15-16(11-8-12(20(21,22)23)10-14(26)9-11)24-25(17(15)19(28)30-2)13-6-4-3-5-7-13/h3-10,26H,1-2H3. The molecule has 3 rings (SSSR count). The summed E-state index contributed by atoms with van der Waals surface area (Å²) in [6.45, 7) is 0. The van der Waals surface area contributed by atoms with E-state index in [9.17, 15) is 27.9 Å². The number of nitrogens with zero attached hydrogens (tertiary/aromatic N) is 2. The van der Waals surface area contributed by atoms with Crippen LogP contribution < -0.4 is 0 Å². The van der Waals surface area contributed by atoms with Crippen molar-refractivity contribution in [2.24, 2.45) is 0 Å². The summed E-state index contributed by atoms with van der Waals surface area (Å²) in [6.07, 6.45) is -4.76. The van der Waals surface area contributed by atoms with Gasteiger partial charge in [-0.15, -0.1) is 0 Å². The van der Waals surface area contributed by atoms with Crippen LogP contribution in [0.15, 0.2) is 48.5 Å². The second-order valence-electron chi connectivity index (χ2n) is 6.07. The summed E-state index contributed by atoms with van der Waals surface area (Å²) in [5, 5.41) is 14.0. The molecule has 10 heteroatoms. The Hall–Kier alpha value is -3.82. The molecule has 0 aliphatic rings. The Balaban J connectivity index is 2.38. The molecule has 7 nitrogen and oxygen atoms in total. The summed E-state index contributed by atoms with van der Waals surface area (Å²) in [5.74, 6) is -2.65. The van der Waals surface area contributed by atoms with E-state index >= 15 is 0 Å². The second-order valence-corrected chi connectivity index (χ2v) is 6.07. The molecule has 0 aliphatic heterocycles. The van der Waals surface area contributed by atoms with E-state index in [1.165, 1.54) is 0 Å². The van der Waals surface area contributed by atoms with Crippen LogP contribution in [-0.4, -0.2) is 41.0 Å². The van der Waals surface area contributed by atoms with E-state index in [2.05, 4.69) is 5.10 Å². The van der Waals surface area contributed by atoms with Crippen molar-refractivity contribution in [1.82, 2.24) is 9.78 Å². The van der Waals surface area contributed by atoms with Crippen molar-refractivity contribution in [3.05, 3.63) is 65.4 Å². The molecule has 0 fully saturated rings. The minimum atomic E-state index is -4.76. The molecular formula is C20H15F3N2O5. The first-order valence-corrected chi connectivity index (χ1v) is 8.44. The van der Waals surface area contributed by atoms with Crippen LogP contribution in [0.25, 0.3) is 16.9 Å². The Morgan fingerprint density at radius 3 is 2.20 bits per heavy atom. The van der Waals surface area contributed by atoms with Crippen molar-refractivity contribution in [3.63, 3.8) is 0 Å². The van der Waals surface area contributed by atoms with Crippen LogP contribution in [0.5, 0.6) is 5.75 Å². The molecule has 3 aromatic rings. The van der Waals surface area contributed by atoms with Crippen molar-refractivity contribution in [2.45, 2.75) is 6.18 Å². The highest BCUT2D eigenvalue weighted by molar-refractivity contribution is 6.06. The van der Waals surface area contributed by atoms with E-state index in [4.69, 9.17) is 9.47 Å². The maximum absolute atomic E-state index is 13.2. The molecule has 1 N–H and O–H groups in total. The molecule has 0 saturated carbocycles. The van der Waals surface area contributed by atoms with Crippen LogP contribution in [0.3, 0.4) is 0 Å². The topological polar surface area (TPSA) is 90.6 Å². The number of aromatic hydroxyl groups is 1. The number of phenols is 1. The van der Waals surface area contributed by atoms with Gasteiger partial charge in [0.25, 0.3) is 0 Å². The molecule has 0 spiro atoms. The summed E-state index contributed by atoms with van der Waals surface area (Å²) >= 11 is 0. The number of carbonyl (C=O) groups excluding carboxylic acids is 2. The lowest BCUT2D eigenvalue weighted by Crippen LogP contribution is -2.15. The highest BCUT2D eigenvalue weighted by atomic mass is 19.4. The molecule has 1 aromatic heterocycles. The zero-order valence-corrected chi connectivity index (χ0v) is 15.7. The van der Waals surface area contributed by atoms with E-state index in [0.29, 0.717) is 17.8 Å². The number of hydrogen-bond acceptors (Lipinski definition) is 6. The number of halogens is 3. The number of esters is 2. The van der Waals surface area contributed by atoms with Gasteiger partial charge in [-0.3, -0.25) is 0 Å². The Morgan fingerprint density at radius 2 is 1.63 bits per heavy atom. The predicted molar refractivity (Wildman–Crippen MR) is 98.3 cm³/mol. The van der Waals surface area contributed by atoms with Crippen LogP contribution >= 0.6 is 0 Å². The number of para-hydroxylation sites is 1. The van der Waals surface area contributed by atoms with Crippen molar-refractivity contribution in [1.29, 1.82) is 0 Å². The minimum Gasteiger partial charge on any atom is -0.508 e. The van der Waals surface area contributed by atoms with Gasteiger partial charge in [-0.05, 0) is 30.3 Å². The lowest BCUT2D eigenvalue weighted by atomic mass is 10.0. The first-order chi connectivity index (χ1) is 14.2. The molecule has 156 valence electrons. The smallest absolute Gasteiger partial charge is 0.416 e. The van der Waals surface area contributed by atoms with E-state index in [-0.39, 0.29) is 17.0 Å². The first kappa shape index (κ1) is 20.9. The summed E-state index contributed by atoms with van der Waals surface area (Å²) in [6, 6.07) is 10.4. The first-order valence-electron chi connectivity index (χ1n) is 8.44. The number of benzene rings is 2. The SMILES string of the molecule is COC(=O)c1c(-c2cc(O)cc(C(F)(F)F)c2)nn(-c2ccccc2)c1C(=O)OC. The van der Waals surface area contributed by atoms with Crippen molar-refractivity contribution in [3.8, 4) is 22.7 Å². The lowest BCUT2D eigenvalue weighted by Gasteiger charge is -2.09. The number of methoxy groups -OCH3 is 2. The third-order valence-electron chi connectivity index (χ3n) is 4.17. The molecule has 2 aromatic carbocycles. The van der Waals surface area contributed by atoms with Gasteiger partial charge in [-0.1, -0.05) is 18.2 Å². The van der Waals surface area contributed by atoms with Crippen LogP contribution in [0, 0.1) is 0 Å². The van der Waals surface area contributed by atoms with Gasteiger partial charge in [0.2, 0.25) is 0 Å². The maximum Gasteiger partial charge on any atom is 0.416 e. The fraction of sp³-hybridized carbons (Fsp3) is 0.150. The zero-order chi connectivity index (χ0) is 22.1. The van der Waals surface area contributed by atoms with E-state index in [0.717, 1.165) is 25.0 Å². The van der Waals surface area contributed by atoms with Crippen LogP contribution in [-0.2, 0) is 15.7 Å². The Morgan fingerprint density at radius 1 is 1.00 bits per heavy atom. The fourth-order valence-corrected chi connectivity index (χ4v) is 2.87. The number of alkyl halides is 3. The summed E-state index contributed by atoms with van der Waals surface area (Å²) < 4.78 is 50.2. The number of carbonyl (C=O) groups is 2. The third kappa shape index (κ3) is 3.84. The van der Waals surface area contributed by atoms with Gasteiger partial charge in [0.1, 0.15) is 17.0 Å². The Kier molecular flexibility index (Phi) is 5.50. The fourth-order valence-electron chi connectivity index (χ4n) is 2.87. The summed E-state index contributed by atoms with van der Waals surface area (Å²) in [7, 11) is 2.14. The number of rotatable bonds is 4. The highest BCUT2D eigenvalue weighted by Crippen LogP contribution is 2.37. The third-order valence-corrected chi connectivity index (χ3v) is 4.17. The molecule has 0 bridgehead atoms. The van der Waals surface area contributed by atoms with Gasteiger partial charge < -0.3 is 14.6 Å². The minimum absolute atomic E-state index is 0.234. The van der Waals surface area contributed by atoms with Gasteiger partial charge in [-0.25, -0.2) is 14.3 Å². The number of aromatic nitrogens is 2. The van der Waals surface area contributed by atoms with Gasteiger partial charge >= 0.3 is 18.1 Å². The van der Waals surface area contributed by atoms with Crippen molar-refractivity contribution in [2.75, 3.05) is 14.2 Å². The monoisotopic (exact) mass is 420 g/mol. The average Bonchev–Trinajstić information content (AvgIpc) is 3.13. The predicted octanol–water partition coefficient (Wildman–Crippen LogP) is 3.84. The molecule has 0 atom stereocenters. The molecule has 0 amide bonds. The Labute approximate surface area is 168 Å². The zero-order valence-electron chi connectivity index (χ0n) is 15.7. The highest BCUT2D eigenvalue weighted by Gasteiger charge is 2.34. The summed E-state index contributed by atoms with van der Waals surface area (Å²) in [4.78, 5) is 25.0. The van der Waals surface area contributed by atoms with E-state index in [1.807, 2.05) is 0 Å². The van der Waals surface area contributed by atoms with Crippen molar-refractivity contribution >= 4 is 11.9 Å².